The highest BCUT2D eigenvalue weighted by Gasteiger charge is 2.14. The van der Waals surface area contributed by atoms with E-state index in [1.54, 1.807) is 6.20 Å². The van der Waals surface area contributed by atoms with E-state index < -0.39 is 5.91 Å². The summed E-state index contributed by atoms with van der Waals surface area (Å²) in [4.78, 5) is 24.0. The number of nitrogens with one attached hydrogen (secondary N) is 1. The van der Waals surface area contributed by atoms with Gasteiger partial charge in [-0.25, -0.2) is 0 Å². The van der Waals surface area contributed by atoms with Crippen LogP contribution in [0.4, 0.5) is 5.69 Å². The van der Waals surface area contributed by atoms with Crippen LogP contribution in [-0.4, -0.2) is 10.5 Å². The number of pyridine rings is 1. The van der Waals surface area contributed by atoms with E-state index in [0.29, 0.717) is 12.2 Å². The summed E-state index contributed by atoms with van der Waals surface area (Å²) < 4.78 is 1.46. The first-order chi connectivity index (χ1) is 10.1. The lowest BCUT2D eigenvalue weighted by Gasteiger charge is -2.06. The fraction of sp³-hybridized carbons (Fsp3) is 0.143. The summed E-state index contributed by atoms with van der Waals surface area (Å²) in [5.74, 6) is -0.417. The number of amides is 1. The second-order valence-corrected chi connectivity index (χ2v) is 5.13. The quantitative estimate of drug-likeness (QED) is 0.935. The molecule has 104 valence electrons. The third-order valence-electron chi connectivity index (χ3n) is 2.76. The first-order valence-electron chi connectivity index (χ1n) is 6.05. The standard InChI is InChI=1S/C14H10N4O2S/c1-2-18-8-10(3-4-13(18)19)17-14(20)11-5-9(6-15)12(7-16)21-11/h3-5,8H,2H2,1H3,(H,17,20). The van der Waals surface area contributed by atoms with Gasteiger partial charge >= 0.3 is 0 Å². The van der Waals surface area contributed by atoms with Crippen LogP contribution in [0.2, 0.25) is 0 Å². The van der Waals surface area contributed by atoms with Crippen molar-refractivity contribution in [3.8, 4) is 12.1 Å². The Morgan fingerprint density at radius 2 is 2.14 bits per heavy atom. The van der Waals surface area contributed by atoms with E-state index in [1.165, 1.54) is 22.8 Å². The molecule has 0 fully saturated rings. The van der Waals surface area contributed by atoms with Crippen LogP contribution in [0.25, 0.3) is 0 Å². The number of hydrogen-bond donors (Lipinski definition) is 1. The minimum atomic E-state index is -0.417. The predicted octanol–water partition coefficient (Wildman–Crippen LogP) is 1.93. The number of nitrogens with zero attached hydrogens (tertiary/aromatic N) is 3. The van der Waals surface area contributed by atoms with Gasteiger partial charge < -0.3 is 9.88 Å². The zero-order valence-corrected chi connectivity index (χ0v) is 11.9. The molecule has 0 aliphatic heterocycles. The van der Waals surface area contributed by atoms with Gasteiger partial charge in [-0.2, -0.15) is 10.5 Å². The minimum absolute atomic E-state index is 0.148. The molecule has 0 bridgehead atoms. The molecule has 2 heterocycles. The van der Waals surface area contributed by atoms with Crippen molar-refractivity contribution in [3.05, 3.63) is 50.1 Å². The van der Waals surface area contributed by atoms with Gasteiger partial charge in [0.25, 0.3) is 11.5 Å². The molecular formula is C14H10N4O2S. The van der Waals surface area contributed by atoms with Crippen LogP contribution in [-0.2, 0) is 6.54 Å². The maximum Gasteiger partial charge on any atom is 0.265 e. The largest absolute Gasteiger partial charge is 0.320 e. The maximum atomic E-state index is 12.1. The fourth-order valence-electron chi connectivity index (χ4n) is 1.71. The van der Waals surface area contributed by atoms with E-state index in [0.717, 1.165) is 11.3 Å². The molecule has 0 unspecified atom stereocenters. The first kappa shape index (κ1) is 14.5. The van der Waals surface area contributed by atoms with Gasteiger partial charge in [-0.15, -0.1) is 11.3 Å². The Morgan fingerprint density at radius 3 is 2.71 bits per heavy atom. The molecule has 1 amide bonds. The van der Waals surface area contributed by atoms with E-state index in [1.807, 2.05) is 19.1 Å². The van der Waals surface area contributed by atoms with Crippen LogP contribution < -0.4 is 10.9 Å². The van der Waals surface area contributed by atoms with Crippen molar-refractivity contribution in [2.75, 3.05) is 5.32 Å². The van der Waals surface area contributed by atoms with Crippen molar-refractivity contribution < 1.29 is 4.79 Å². The van der Waals surface area contributed by atoms with Gasteiger partial charge in [-0.05, 0) is 19.1 Å². The molecule has 0 radical (unpaired) electrons. The zero-order valence-electron chi connectivity index (χ0n) is 11.1. The van der Waals surface area contributed by atoms with Crippen LogP contribution in [0.15, 0.2) is 29.2 Å². The summed E-state index contributed by atoms with van der Waals surface area (Å²) in [5, 5.41) is 20.4. The molecule has 0 saturated heterocycles. The van der Waals surface area contributed by atoms with Crippen molar-refractivity contribution in [1.29, 1.82) is 10.5 Å². The van der Waals surface area contributed by atoms with Crippen LogP contribution in [0.1, 0.15) is 27.0 Å². The number of anilines is 1. The summed E-state index contributed by atoms with van der Waals surface area (Å²) in [6, 6.07) is 8.02. The lowest BCUT2D eigenvalue weighted by molar-refractivity contribution is 0.103. The van der Waals surface area contributed by atoms with Crippen molar-refractivity contribution in [2.45, 2.75) is 13.5 Å². The molecule has 2 rings (SSSR count). The van der Waals surface area contributed by atoms with Crippen LogP contribution in [0, 0.1) is 22.7 Å². The molecule has 0 saturated carbocycles. The molecular weight excluding hydrogens is 288 g/mol. The number of rotatable bonds is 3. The molecule has 6 nitrogen and oxygen atoms in total. The zero-order chi connectivity index (χ0) is 15.4. The smallest absolute Gasteiger partial charge is 0.265 e. The van der Waals surface area contributed by atoms with Crippen LogP contribution in [0.5, 0.6) is 0 Å². The van der Waals surface area contributed by atoms with E-state index in [4.69, 9.17) is 10.5 Å². The Morgan fingerprint density at radius 1 is 1.38 bits per heavy atom. The Labute approximate surface area is 124 Å². The fourth-order valence-corrected chi connectivity index (χ4v) is 2.51. The predicted molar refractivity (Wildman–Crippen MR) is 78.1 cm³/mol. The lowest BCUT2D eigenvalue weighted by Crippen LogP contribution is -2.19. The molecule has 0 aliphatic carbocycles. The van der Waals surface area contributed by atoms with Crippen molar-refractivity contribution in [3.63, 3.8) is 0 Å². The van der Waals surface area contributed by atoms with Gasteiger partial charge in [0.2, 0.25) is 0 Å². The molecule has 0 aliphatic rings. The molecule has 1 N–H and O–H groups in total. The van der Waals surface area contributed by atoms with E-state index >= 15 is 0 Å². The molecule has 0 atom stereocenters. The van der Waals surface area contributed by atoms with Crippen molar-refractivity contribution in [2.24, 2.45) is 0 Å². The van der Waals surface area contributed by atoms with E-state index in [-0.39, 0.29) is 20.9 Å². The molecule has 2 aromatic heterocycles. The summed E-state index contributed by atoms with van der Waals surface area (Å²) in [6.45, 7) is 2.32. The number of aromatic nitrogens is 1. The van der Waals surface area contributed by atoms with E-state index in [2.05, 4.69) is 5.32 Å². The summed E-state index contributed by atoms with van der Waals surface area (Å²) in [6.07, 6.45) is 1.55. The number of aryl methyl sites for hydroxylation is 1. The topological polar surface area (TPSA) is 98.7 Å². The highest BCUT2D eigenvalue weighted by atomic mass is 32.1. The third-order valence-corrected chi connectivity index (χ3v) is 3.80. The van der Waals surface area contributed by atoms with Gasteiger partial charge in [-0.3, -0.25) is 9.59 Å². The van der Waals surface area contributed by atoms with Gasteiger partial charge in [0.05, 0.1) is 16.1 Å². The first-order valence-corrected chi connectivity index (χ1v) is 6.86. The second kappa shape index (κ2) is 6.04. The van der Waals surface area contributed by atoms with E-state index in [9.17, 15) is 9.59 Å². The molecule has 0 aromatic carbocycles. The number of carbonyl (C=O) groups is 1. The van der Waals surface area contributed by atoms with Gasteiger partial charge in [0, 0.05) is 18.8 Å². The normalized spacial score (nSPS) is 9.67. The molecule has 7 heteroatoms. The number of hydrogen-bond acceptors (Lipinski definition) is 5. The van der Waals surface area contributed by atoms with Gasteiger partial charge in [0.15, 0.2) is 0 Å². The Kier molecular flexibility index (Phi) is 4.17. The number of carbonyl (C=O) groups excluding carboxylic acids is 1. The monoisotopic (exact) mass is 298 g/mol. The average molecular weight is 298 g/mol. The maximum absolute atomic E-state index is 12.1. The number of thiophene rings is 1. The van der Waals surface area contributed by atoms with Crippen molar-refractivity contribution in [1.82, 2.24) is 4.57 Å². The van der Waals surface area contributed by atoms with Gasteiger partial charge in [0.1, 0.15) is 17.0 Å². The highest BCUT2D eigenvalue weighted by molar-refractivity contribution is 7.14. The van der Waals surface area contributed by atoms with Crippen LogP contribution in [0.3, 0.4) is 0 Å². The Bertz CT molecular complexity index is 804. The molecule has 21 heavy (non-hydrogen) atoms. The Hall–Kier alpha value is -2.90. The van der Waals surface area contributed by atoms with Crippen molar-refractivity contribution >= 4 is 22.9 Å². The van der Waals surface area contributed by atoms with Gasteiger partial charge in [-0.1, -0.05) is 0 Å². The van der Waals surface area contributed by atoms with Crippen LogP contribution >= 0.6 is 11.3 Å². The second-order valence-electron chi connectivity index (χ2n) is 4.07. The minimum Gasteiger partial charge on any atom is -0.320 e. The summed E-state index contributed by atoms with van der Waals surface area (Å²) >= 11 is 0.960. The molecule has 2 aromatic rings. The summed E-state index contributed by atoms with van der Waals surface area (Å²) in [5.41, 5.74) is 0.517. The Balaban J connectivity index is 2.26. The third kappa shape index (κ3) is 2.99. The lowest BCUT2D eigenvalue weighted by atomic mass is 10.2. The number of nitriles is 2. The highest BCUT2D eigenvalue weighted by Crippen LogP contribution is 2.22. The molecule has 0 spiro atoms. The average Bonchev–Trinajstić information content (AvgIpc) is 2.92. The summed E-state index contributed by atoms with van der Waals surface area (Å²) in [7, 11) is 0. The SMILES string of the molecule is CCn1cc(NC(=O)c2cc(C#N)c(C#N)s2)ccc1=O.